The Morgan fingerprint density at radius 2 is 1.97 bits per heavy atom. The van der Waals surface area contributed by atoms with Gasteiger partial charge < -0.3 is 25.1 Å². The van der Waals surface area contributed by atoms with E-state index in [0.29, 0.717) is 18.8 Å². The number of ether oxygens (including phenoxy) is 1. The van der Waals surface area contributed by atoms with Crippen LogP contribution < -0.4 is 5.32 Å². The average molecular weight is 406 g/mol. The van der Waals surface area contributed by atoms with Crippen LogP contribution in [0.25, 0.3) is 10.8 Å². The molecule has 0 saturated heterocycles. The van der Waals surface area contributed by atoms with Gasteiger partial charge in [0.1, 0.15) is 11.4 Å². The van der Waals surface area contributed by atoms with Crippen LogP contribution in [0.15, 0.2) is 67.3 Å². The van der Waals surface area contributed by atoms with Gasteiger partial charge in [-0.2, -0.15) is 0 Å². The van der Waals surface area contributed by atoms with Gasteiger partial charge in [0.25, 0.3) is 0 Å². The van der Waals surface area contributed by atoms with E-state index in [2.05, 4.69) is 26.3 Å². The maximum absolute atomic E-state index is 11.8. The smallest absolute Gasteiger partial charge is 0.356 e. The van der Waals surface area contributed by atoms with Crippen molar-refractivity contribution in [3.63, 3.8) is 0 Å². The molecule has 1 aromatic carbocycles. The standard InChI is InChI=1S/C17H17N3O2.C5H5NO2/c1-2-22-17(21)16-15(7-9-19-16)20-10-13-5-3-4-12-6-8-18-11-14(12)13;7-5(8)4-2-1-3-6-4/h3-9,11,19-20H,2,10H2,1H3;1-3,6H,(H,7,8). The van der Waals surface area contributed by atoms with Gasteiger partial charge in [0.05, 0.1) is 12.3 Å². The molecule has 3 heterocycles. The molecule has 0 aliphatic carbocycles. The van der Waals surface area contributed by atoms with Gasteiger partial charge in [-0.3, -0.25) is 4.98 Å². The summed E-state index contributed by atoms with van der Waals surface area (Å²) in [6.45, 7) is 2.75. The summed E-state index contributed by atoms with van der Waals surface area (Å²) in [4.78, 5) is 31.5. The summed E-state index contributed by atoms with van der Waals surface area (Å²) < 4.78 is 5.03. The number of aromatic carboxylic acids is 1. The number of hydrogen-bond donors (Lipinski definition) is 4. The molecule has 0 aliphatic heterocycles. The number of pyridine rings is 1. The van der Waals surface area contributed by atoms with Crippen LogP contribution in [-0.4, -0.2) is 38.6 Å². The Morgan fingerprint density at radius 3 is 2.67 bits per heavy atom. The van der Waals surface area contributed by atoms with Crippen molar-refractivity contribution in [3.05, 3.63) is 84.2 Å². The van der Waals surface area contributed by atoms with Gasteiger partial charge in [-0.15, -0.1) is 0 Å². The van der Waals surface area contributed by atoms with Crippen molar-refractivity contribution in [3.8, 4) is 0 Å². The molecule has 0 bridgehead atoms. The number of carboxylic acids is 1. The van der Waals surface area contributed by atoms with Crippen LogP contribution in [0.2, 0.25) is 0 Å². The van der Waals surface area contributed by atoms with Gasteiger partial charge in [0, 0.05) is 36.7 Å². The molecule has 8 heteroatoms. The van der Waals surface area contributed by atoms with Crippen molar-refractivity contribution in [2.45, 2.75) is 13.5 Å². The van der Waals surface area contributed by atoms with Crippen molar-refractivity contribution in [1.29, 1.82) is 0 Å². The summed E-state index contributed by atoms with van der Waals surface area (Å²) >= 11 is 0. The highest BCUT2D eigenvalue weighted by Gasteiger charge is 2.13. The minimum absolute atomic E-state index is 0.227. The van der Waals surface area contributed by atoms with E-state index in [4.69, 9.17) is 9.84 Å². The number of rotatable bonds is 6. The van der Waals surface area contributed by atoms with Crippen LogP contribution in [0, 0.1) is 0 Å². The summed E-state index contributed by atoms with van der Waals surface area (Å²) in [7, 11) is 0. The molecule has 0 aliphatic rings. The molecule has 0 atom stereocenters. The van der Waals surface area contributed by atoms with Crippen LogP contribution in [0.5, 0.6) is 0 Å². The molecule has 8 nitrogen and oxygen atoms in total. The molecule has 4 aromatic rings. The van der Waals surface area contributed by atoms with Gasteiger partial charge >= 0.3 is 11.9 Å². The fourth-order valence-corrected chi connectivity index (χ4v) is 2.87. The molecule has 30 heavy (non-hydrogen) atoms. The van der Waals surface area contributed by atoms with E-state index in [1.165, 1.54) is 6.07 Å². The van der Waals surface area contributed by atoms with Crippen molar-refractivity contribution < 1.29 is 19.4 Å². The minimum Gasteiger partial charge on any atom is -0.477 e. The highest BCUT2D eigenvalue weighted by molar-refractivity contribution is 5.94. The third kappa shape index (κ3) is 5.05. The normalized spacial score (nSPS) is 10.2. The van der Waals surface area contributed by atoms with Gasteiger partial charge in [-0.05, 0) is 42.1 Å². The molecular formula is C22H22N4O4. The molecule has 0 amide bonds. The number of aromatic nitrogens is 3. The van der Waals surface area contributed by atoms with Crippen LogP contribution >= 0.6 is 0 Å². The number of esters is 1. The number of aromatic amines is 2. The predicted octanol–water partition coefficient (Wildman–Crippen LogP) is 4.06. The molecule has 4 N–H and O–H groups in total. The number of nitrogens with one attached hydrogen (secondary N) is 3. The molecule has 0 spiro atoms. The lowest BCUT2D eigenvalue weighted by Crippen LogP contribution is -2.09. The second-order valence-corrected chi connectivity index (χ2v) is 6.24. The minimum atomic E-state index is -0.921. The SMILES string of the molecule is CCOC(=O)c1[nH]ccc1NCc1cccc2ccncc12.O=C(O)c1ccc[nH]1. The number of carboxylic acid groups (broad SMARTS) is 1. The summed E-state index contributed by atoms with van der Waals surface area (Å²) in [6.07, 6.45) is 6.93. The van der Waals surface area contributed by atoms with Gasteiger partial charge in [0.15, 0.2) is 0 Å². The Labute approximate surface area is 172 Å². The highest BCUT2D eigenvalue weighted by atomic mass is 16.5. The third-order valence-electron chi connectivity index (χ3n) is 4.30. The first-order chi connectivity index (χ1) is 14.6. The lowest BCUT2D eigenvalue weighted by Gasteiger charge is -2.09. The number of carbonyl (C=O) groups excluding carboxylic acids is 1. The van der Waals surface area contributed by atoms with E-state index in [-0.39, 0.29) is 11.7 Å². The maximum Gasteiger partial charge on any atom is 0.356 e. The number of anilines is 1. The van der Waals surface area contributed by atoms with Crippen molar-refractivity contribution in [1.82, 2.24) is 15.0 Å². The lowest BCUT2D eigenvalue weighted by atomic mass is 10.1. The Morgan fingerprint density at radius 1 is 1.10 bits per heavy atom. The Balaban J connectivity index is 0.000000269. The largest absolute Gasteiger partial charge is 0.477 e. The fourth-order valence-electron chi connectivity index (χ4n) is 2.87. The Kier molecular flexibility index (Phi) is 6.83. The first-order valence-corrected chi connectivity index (χ1v) is 9.36. The van der Waals surface area contributed by atoms with Gasteiger partial charge in [-0.1, -0.05) is 18.2 Å². The summed E-state index contributed by atoms with van der Waals surface area (Å²) in [6, 6.07) is 13.1. The van der Waals surface area contributed by atoms with E-state index in [1.54, 1.807) is 31.6 Å². The first kappa shape index (κ1) is 20.7. The molecule has 154 valence electrons. The van der Waals surface area contributed by atoms with Crippen LogP contribution in [0.3, 0.4) is 0 Å². The van der Waals surface area contributed by atoms with E-state index in [0.717, 1.165) is 22.0 Å². The molecule has 0 saturated carbocycles. The number of fused-ring (bicyclic) bond motifs is 1. The highest BCUT2D eigenvalue weighted by Crippen LogP contribution is 2.20. The summed E-state index contributed by atoms with van der Waals surface area (Å²) in [5, 5.41) is 13.8. The monoisotopic (exact) mass is 406 g/mol. The Hall–Kier alpha value is -4.07. The predicted molar refractivity (Wildman–Crippen MR) is 114 cm³/mol. The molecule has 4 rings (SSSR count). The molecule has 0 fully saturated rings. The topological polar surface area (TPSA) is 120 Å². The van der Waals surface area contributed by atoms with E-state index >= 15 is 0 Å². The van der Waals surface area contributed by atoms with Crippen LogP contribution in [-0.2, 0) is 11.3 Å². The zero-order valence-electron chi connectivity index (χ0n) is 16.4. The second-order valence-electron chi connectivity index (χ2n) is 6.24. The number of nitrogens with zero attached hydrogens (tertiary/aromatic N) is 1. The number of H-pyrrole nitrogens is 2. The molecule has 0 radical (unpaired) electrons. The van der Waals surface area contributed by atoms with Crippen molar-refractivity contribution in [2.75, 3.05) is 11.9 Å². The average Bonchev–Trinajstić information content (AvgIpc) is 3.45. The zero-order chi connectivity index (χ0) is 21.3. The van der Waals surface area contributed by atoms with Crippen LogP contribution in [0.4, 0.5) is 5.69 Å². The lowest BCUT2D eigenvalue weighted by molar-refractivity contribution is 0.0521. The molecular weight excluding hydrogens is 384 g/mol. The molecule has 0 unspecified atom stereocenters. The van der Waals surface area contributed by atoms with Crippen LogP contribution in [0.1, 0.15) is 33.5 Å². The van der Waals surface area contributed by atoms with Crippen molar-refractivity contribution >= 4 is 28.4 Å². The third-order valence-corrected chi connectivity index (χ3v) is 4.30. The molecule has 3 aromatic heterocycles. The summed E-state index contributed by atoms with van der Waals surface area (Å²) in [5.74, 6) is -1.27. The zero-order valence-corrected chi connectivity index (χ0v) is 16.4. The van der Waals surface area contributed by atoms with E-state index in [9.17, 15) is 9.59 Å². The summed E-state index contributed by atoms with van der Waals surface area (Å²) in [5.41, 5.74) is 2.53. The van der Waals surface area contributed by atoms with Gasteiger partial charge in [-0.25, -0.2) is 9.59 Å². The van der Waals surface area contributed by atoms with Gasteiger partial charge in [0.2, 0.25) is 0 Å². The number of benzene rings is 1. The van der Waals surface area contributed by atoms with E-state index in [1.807, 2.05) is 30.5 Å². The maximum atomic E-state index is 11.8. The number of hydrogen-bond acceptors (Lipinski definition) is 5. The second kappa shape index (κ2) is 9.92. The first-order valence-electron chi connectivity index (χ1n) is 9.36. The fraction of sp³-hybridized carbons (Fsp3) is 0.136. The van der Waals surface area contributed by atoms with Crippen molar-refractivity contribution in [2.24, 2.45) is 0 Å². The quantitative estimate of drug-likeness (QED) is 0.358. The Bertz CT molecular complexity index is 1110. The van der Waals surface area contributed by atoms with E-state index < -0.39 is 5.97 Å². The number of carbonyl (C=O) groups is 2.